The normalized spacial score (nSPS) is 16.1. The molecule has 0 bridgehead atoms. The van der Waals surface area contributed by atoms with Crippen molar-refractivity contribution < 1.29 is 25.3 Å². The van der Waals surface area contributed by atoms with Crippen LogP contribution in [0.15, 0.2) is 55.3 Å². The molecule has 13 nitrogen and oxygen atoms in total. The van der Waals surface area contributed by atoms with Gasteiger partial charge in [0, 0.05) is 12.6 Å². The topological polar surface area (TPSA) is 202 Å². The van der Waals surface area contributed by atoms with E-state index in [0.29, 0.717) is 47.7 Å². The maximum atomic E-state index is 13.7. The maximum Gasteiger partial charge on any atom is 0.335 e. The van der Waals surface area contributed by atoms with Gasteiger partial charge in [0.05, 0.1) is 25.9 Å². The Hall–Kier alpha value is -2.96. The molecule has 3 aromatic rings. The first-order chi connectivity index (χ1) is 18.1. The molecule has 2 aliphatic heterocycles. The molecule has 1 fully saturated rings. The molecule has 5 rings (SSSR count). The zero-order valence-corrected chi connectivity index (χ0v) is 23.2. The quantitative estimate of drug-likeness (QED) is 0.378. The van der Waals surface area contributed by atoms with E-state index in [1.54, 1.807) is 19.2 Å². The van der Waals surface area contributed by atoms with Crippen molar-refractivity contribution in [2.45, 2.75) is 27.9 Å². The van der Waals surface area contributed by atoms with Gasteiger partial charge in [0.15, 0.2) is 27.5 Å². The molecule has 2 aliphatic rings. The molecule has 0 radical (unpaired) electrons. The lowest BCUT2D eigenvalue weighted by molar-refractivity contribution is 0.495. The Balaban J connectivity index is 0.00000107. The van der Waals surface area contributed by atoms with Gasteiger partial charge in [0.25, 0.3) is 0 Å². The minimum Gasteiger partial charge on any atom is -0.365 e. The van der Waals surface area contributed by atoms with E-state index in [-0.39, 0.29) is 23.0 Å². The number of aliphatic imine (C=N–C) groups is 1. The molecule has 38 heavy (non-hydrogen) atoms. The van der Waals surface area contributed by atoms with Gasteiger partial charge in [-0.2, -0.15) is 13.5 Å². The van der Waals surface area contributed by atoms with Crippen LogP contribution in [0.25, 0.3) is 21.3 Å². The molecule has 0 saturated carbocycles. The molecule has 0 aliphatic carbocycles. The molecular formula is C21H23N7O6S4. The number of para-hydroxylation sites is 1. The number of amidine groups is 1. The van der Waals surface area contributed by atoms with Crippen LogP contribution in [-0.2, 0) is 31.4 Å². The average Bonchev–Trinajstić information content (AvgIpc) is 3.58. The number of sulfonamides is 1. The number of azo groups is 1. The zero-order valence-electron chi connectivity index (χ0n) is 19.9. The Morgan fingerprint density at radius 1 is 1.08 bits per heavy atom. The highest BCUT2D eigenvalue weighted by Crippen LogP contribution is 2.40. The van der Waals surface area contributed by atoms with Crippen LogP contribution in [-0.4, -0.2) is 68.1 Å². The maximum absolute atomic E-state index is 13.7. The lowest BCUT2D eigenvalue weighted by Gasteiger charge is -2.24. The number of rotatable bonds is 6. The van der Waals surface area contributed by atoms with Crippen molar-refractivity contribution in [3.8, 4) is 11.1 Å². The summed E-state index contributed by atoms with van der Waals surface area (Å²) in [6, 6.07) is 8.43. The van der Waals surface area contributed by atoms with E-state index in [4.69, 9.17) is 13.6 Å². The number of fused-ring (bicyclic) bond motifs is 1. The highest BCUT2D eigenvalue weighted by Gasteiger charge is 2.37. The lowest BCUT2D eigenvalue weighted by Crippen LogP contribution is -2.36. The molecular weight excluding hydrogens is 575 g/mol. The van der Waals surface area contributed by atoms with Crippen molar-refractivity contribution in [3.05, 3.63) is 35.9 Å². The van der Waals surface area contributed by atoms with Gasteiger partial charge in [-0.3, -0.25) is 0 Å². The number of sulfone groups is 1. The molecule has 0 unspecified atom stereocenters. The fraction of sp³-hybridized carbons (Fsp3) is 0.333. The summed E-state index contributed by atoms with van der Waals surface area (Å²) in [5.41, 5.74) is 1.68. The molecule has 2 aromatic carbocycles. The Labute approximate surface area is 226 Å². The van der Waals surface area contributed by atoms with E-state index in [0.717, 1.165) is 4.70 Å². The second-order valence-corrected chi connectivity index (χ2v) is 13.1. The number of nitrogens with one attached hydrogen (secondary N) is 2. The monoisotopic (exact) mass is 597 g/mol. The van der Waals surface area contributed by atoms with Gasteiger partial charge in [-0.1, -0.05) is 29.5 Å². The number of nitrogens with zero attached hydrogens (tertiary/aromatic N) is 4. The van der Waals surface area contributed by atoms with Gasteiger partial charge in [0.2, 0.25) is 10.0 Å². The molecule has 0 amide bonds. The second-order valence-electron chi connectivity index (χ2n) is 8.21. The van der Waals surface area contributed by atoms with Crippen LogP contribution in [0.3, 0.4) is 0 Å². The van der Waals surface area contributed by atoms with E-state index in [2.05, 4.69) is 30.8 Å². The van der Waals surface area contributed by atoms with E-state index in [1.807, 2.05) is 12.1 Å². The largest absolute Gasteiger partial charge is 0.365 e. The van der Waals surface area contributed by atoms with Gasteiger partial charge >= 0.3 is 11.6 Å². The number of benzene rings is 2. The lowest BCUT2D eigenvalue weighted by atomic mass is 9.98. The molecule has 1 aromatic heterocycles. The minimum absolute atomic E-state index is 0.00884. The first-order valence-electron chi connectivity index (χ1n) is 11.2. The SMILES string of the molecule is CNc1nc2c(-c3ccc(S(=O)(=O)C4CCNCC4)c(S(N)(=O)=O)c3C3=NCN=N3)cccc2s1.O=S=O. The highest BCUT2D eigenvalue weighted by atomic mass is 32.2. The summed E-state index contributed by atoms with van der Waals surface area (Å²) in [5.74, 6) is 0.0208. The van der Waals surface area contributed by atoms with Gasteiger partial charge in [0.1, 0.15) is 4.90 Å². The molecule has 0 spiro atoms. The van der Waals surface area contributed by atoms with Gasteiger partial charge < -0.3 is 10.6 Å². The predicted molar refractivity (Wildman–Crippen MR) is 144 cm³/mol. The average molecular weight is 598 g/mol. The summed E-state index contributed by atoms with van der Waals surface area (Å²) in [6.45, 7) is 1.06. The first kappa shape index (κ1) is 28.1. The van der Waals surface area contributed by atoms with Crippen molar-refractivity contribution in [1.82, 2.24) is 10.3 Å². The molecule has 1 saturated heterocycles. The predicted octanol–water partition coefficient (Wildman–Crippen LogP) is 1.68. The number of hydrogen-bond donors (Lipinski definition) is 3. The van der Waals surface area contributed by atoms with Crippen molar-refractivity contribution in [1.29, 1.82) is 0 Å². The van der Waals surface area contributed by atoms with Crippen molar-refractivity contribution in [2.75, 3.05) is 32.1 Å². The fourth-order valence-corrected chi connectivity index (χ4v) is 8.64. The van der Waals surface area contributed by atoms with E-state index in [1.165, 1.54) is 17.4 Å². The third kappa shape index (κ3) is 5.43. The van der Waals surface area contributed by atoms with Crippen LogP contribution >= 0.6 is 11.3 Å². The van der Waals surface area contributed by atoms with Crippen LogP contribution in [0.4, 0.5) is 5.13 Å². The van der Waals surface area contributed by atoms with E-state index < -0.39 is 41.6 Å². The summed E-state index contributed by atoms with van der Waals surface area (Å²) < 4.78 is 70.8. The Morgan fingerprint density at radius 2 is 1.79 bits per heavy atom. The summed E-state index contributed by atoms with van der Waals surface area (Å²) in [7, 11) is -6.77. The van der Waals surface area contributed by atoms with Crippen molar-refractivity contribution >= 4 is 64.0 Å². The van der Waals surface area contributed by atoms with Gasteiger partial charge in [-0.15, -0.1) is 5.11 Å². The number of anilines is 1. The molecule has 0 atom stereocenters. The van der Waals surface area contributed by atoms with Gasteiger partial charge in [-0.05, 0) is 43.6 Å². The number of nitrogens with two attached hydrogens (primary N) is 1. The number of piperidine rings is 1. The number of hydrogen-bond acceptors (Lipinski definition) is 13. The standard InChI is InChI=1S/C21H23N7O4S3.O2S/c1-23-21-27-18-14(3-2-4-15(18)33-21)13-5-6-16(34(29,30)12-7-9-24-10-8-12)19(35(22,31)32)17(13)20-25-11-26-28-20;1-3-2/h2-6,12,24H,7-11H2,1H3,(H,23,27)(H2,22,31,32);. The van der Waals surface area contributed by atoms with Crippen molar-refractivity contribution in [3.63, 3.8) is 0 Å². The number of primary sulfonamides is 1. The third-order valence-electron chi connectivity index (χ3n) is 6.03. The molecule has 4 N–H and O–H groups in total. The zero-order chi connectivity index (χ0) is 27.5. The smallest absolute Gasteiger partial charge is 0.335 e. The number of aromatic nitrogens is 1. The summed E-state index contributed by atoms with van der Waals surface area (Å²) in [6.07, 6.45) is 0.740. The fourth-order valence-electron chi connectivity index (χ4n) is 4.43. The van der Waals surface area contributed by atoms with Crippen LogP contribution in [0.1, 0.15) is 18.4 Å². The Morgan fingerprint density at radius 3 is 2.39 bits per heavy atom. The van der Waals surface area contributed by atoms with Crippen LogP contribution < -0.4 is 15.8 Å². The molecule has 3 heterocycles. The summed E-state index contributed by atoms with van der Waals surface area (Å²) in [4.78, 5) is 8.01. The van der Waals surface area contributed by atoms with Crippen LogP contribution in [0.2, 0.25) is 0 Å². The third-order valence-corrected chi connectivity index (χ3v) is 10.5. The minimum atomic E-state index is -4.51. The second kappa shape index (κ2) is 11.4. The van der Waals surface area contributed by atoms with Crippen LogP contribution in [0.5, 0.6) is 0 Å². The summed E-state index contributed by atoms with van der Waals surface area (Å²) in [5, 5.41) is 19.7. The Kier molecular flexibility index (Phi) is 8.43. The van der Waals surface area contributed by atoms with E-state index in [9.17, 15) is 16.8 Å². The van der Waals surface area contributed by atoms with Crippen LogP contribution in [0, 0.1) is 0 Å². The summed E-state index contributed by atoms with van der Waals surface area (Å²) >= 11 is 0.691. The number of thiazole rings is 1. The highest BCUT2D eigenvalue weighted by molar-refractivity contribution is 7.94. The Bertz CT molecular complexity index is 1690. The van der Waals surface area contributed by atoms with Crippen molar-refractivity contribution in [2.24, 2.45) is 20.4 Å². The van der Waals surface area contributed by atoms with Gasteiger partial charge in [-0.25, -0.2) is 32.0 Å². The first-order valence-corrected chi connectivity index (χ1v) is 15.8. The molecule has 202 valence electrons. The van der Waals surface area contributed by atoms with E-state index >= 15 is 0 Å². The molecule has 17 heteroatoms.